The van der Waals surface area contributed by atoms with Gasteiger partial charge in [-0.15, -0.1) is 0 Å². The van der Waals surface area contributed by atoms with Crippen LogP contribution in [-0.4, -0.2) is 49.4 Å². The fourth-order valence-electron chi connectivity index (χ4n) is 3.81. The Morgan fingerprint density at radius 1 is 1.16 bits per heavy atom. The summed E-state index contributed by atoms with van der Waals surface area (Å²) in [6.07, 6.45) is 1.04. The molecule has 1 atom stereocenters. The van der Waals surface area contributed by atoms with Gasteiger partial charge in [-0.25, -0.2) is 8.42 Å². The molecule has 1 aliphatic heterocycles. The molecule has 0 aliphatic carbocycles. The van der Waals surface area contributed by atoms with Gasteiger partial charge in [-0.3, -0.25) is 14.5 Å². The Bertz CT molecular complexity index is 1120. The third-order valence-corrected chi connectivity index (χ3v) is 6.90. The third-order valence-electron chi connectivity index (χ3n) is 5.46. The Kier molecular flexibility index (Phi) is 6.45. The van der Waals surface area contributed by atoms with E-state index >= 15 is 0 Å². The maximum Gasteiger partial charge on any atom is 0.247 e. The van der Waals surface area contributed by atoms with E-state index in [9.17, 15) is 18.0 Å². The van der Waals surface area contributed by atoms with Gasteiger partial charge in [-0.2, -0.15) is 4.31 Å². The second-order valence-corrected chi connectivity index (χ2v) is 10.6. The highest BCUT2D eigenvalue weighted by Gasteiger charge is 2.50. The number of sulfonamides is 1. The van der Waals surface area contributed by atoms with Crippen molar-refractivity contribution in [1.29, 1.82) is 0 Å². The van der Waals surface area contributed by atoms with Crippen molar-refractivity contribution >= 4 is 39.1 Å². The summed E-state index contributed by atoms with van der Waals surface area (Å²) in [5, 5.41) is 3.44. The van der Waals surface area contributed by atoms with Gasteiger partial charge in [-0.1, -0.05) is 41.4 Å². The third kappa shape index (κ3) is 4.92. The zero-order chi connectivity index (χ0) is 23.0. The molecule has 1 N–H and O–H groups in total. The monoisotopic (exact) mass is 463 g/mol. The number of benzene rings is 2. The lowest BCUT2D eigenvalue weighted by molar-refractivity contribution is -0.133. The number of amides is 2. The van der Waals surface area contributed by atoms with E-state index in [2.05, 4.69) is 5.32 Å². The lowest BCUT2D eigenvalue weighted by Gasteiger charge is -2.47. The predicted octanol–water partition coefficient (Wildman–Crippen LogP) is 2.64. The van der Waals surface area contributed by atoms with E-state index < -0.39 is 27.4 Å². The molecule has 2 amide bonds. The lowest BCUT2D eigenvalue weighted by Crippen LogP contribution is -2.70. The normalized spacial score (nSPS) is 20.0. The number of piperazine rings is 1. The first-order chi connectivity index (χ1) is 14.4. The number of rotatable bonds is 5. The van der Waals surface area contributed by atoms with E-state index in [1.165, 1.54) is 4.90 Å². The van der Waals surface area contributed by atoms with Crippen LogP contribution in [0.5, 0.6) is 0 Å². The quantitative estimate of drug-likeness (QED) is 0.738. The highest BCUT2D eigenvalue weighted by molar-refractivity contribution is 7.88. The van der Waals surface area contributed by atoms with Crippen molar-refractivity contribution in [3.8, 4) is 0 Å². The zero-order valence-corrected chi connectivity index (χ0v) is 19.5. The van der Waals surface area contributed by atoms with Crippen molar-refractivity contribution in [2.24, 2.45) is 0 Å². The van der Waals surface area contributed by atoms with Crippen molar-refractivity contribution in [1.82, 2.24) is 9.62 Å². The van der Waals surface area contributed by atoms with Crippen LogP contribution in [0.3, 0.4) is 0 Å². The molecule has 0 aromatic heterocycles. The smallest absolute Gasteiger partial charge is 0.247 e. The molecule has 0 unspecified atom stereocenters. The number of aryl methyl sites for hydroxylation is 2. The van der Waals surface area contributed by atoms with E-state index in [1.54, 1.807) is 37.3 Å². The second kappa shape index (κ2) is 8.61. The SMILES string of the molecule is Cc1ccc(N2C(=O)CN(S(C)(=O)=O)C[C@@]2(C)C(=O)NCc2ccc(Cl)cc2)c(C)c1. The van der Waals surface area contributed by atoms with E-state index in [-0.39, 0.29) is 19.6 Å². The summed E-state index contributed by atoms with van der Waals surface area (Å²) in [5.41, 5.74) is 1.86. The first-order valence-corrected chi connectivity index (χ1v) is 12.0. The van der Waals surface area contributed by atoms with Crippen LogP contribution in [0.15, 0.2) is 42.5 Å². The first kappa shape index (κ1) is 23.2. The molecule has 31 heavy (non-hydrogen) atoms. The van der Waals surface area contributed by atoms with Crippen molar-refractivity contribution < 1.29 is 18.0 Å². The Morgan fingerprint density at radius 3 is 2.39 bits per heavy atom. The standard InChI is InChI=1S/C22H26ClN3O4S/c1-15-5-10-19(16(2)11-15)26-20(27)13-25(31(4,29)30)14-22(26,3)21(28)24-12-17-6-8-18(23)9-7-17/h5-11H,12-14H2,1-4H3,(H,24,28)/t22-/m0/s1. The molecule has 1 aliphatic rings. The highest BCUT2D eigenvalue weighted by atomic mass is 35.5. The van der Waals surface area contributed by atoms with Gasteiger partial charge in [0.2, 0.25) is 21.8 Å². The molecule has 2 aromatic rings. The molecule has 7 nitrogen and oxygen atoms in total. The van der Waals surface area contributed by atoms with Crippen molar-refractivity contribution in [3.63, 3.8) is 0 Å². The van der Waals surface area contributed by atoms with Gasteiger partial charge in [0.1, 0.15) is 5.54 Å². The fourth-order valence-corrected chi connectivity index (χ4v) is 4.76. The molecule has 1 saturated heterocycles. The van der Waals surface area contributed by atoms with Gasteiger partial charge in [0.25, 0.3) is 0 Å². The number of hydrogen-bond acceptors (Lipinski definition) is 4. The van der Waals surface area contributed by atoms with Gasteiger partial charge in [0, 0.05) is 23.8 Å². The Labute approximate surface area is 188 Å². The van der Waals surface area contributed by atoms with E-state index in [4.69, 9.17) is 11.6 Å². The van der Waals surface area contributed by atoms with E-state index in [1.807, 2.05) is 26.0 Å². The average molecular weight is 464 g/mol. The number of hydrogen-bond donors (Lipinski definition) is 1. The topological polar surface area (TPSA) is 86.8 Å². The minimum atomic E-state index is -3.67. The Balaban J connectivity index is 1.98. The summed E-state index contributed by atoms with van der Waals surface area (Å²) in [4.78, 5) is 28.0. The summed E-state index contributed by atoms with van der Waals surface area (Å²) in [5.74, 6) is -0.892. The molecular formula is C22H26ClN3O4S. The van der Waals surface area contributed by atoms with Crippen LogP contribution < -0.4 is 10.2 Å². The van der Waals surface area contributed by atoms with Crippen molar-refractivity contribution in [3.05, 3.63) is 64.2 Å². The maximum atomic E-state index is 13.4. The summed E-state index contributed by atoms with van der Waals surface area (Å²) in [7, 11) is -3.67. The van der Waals surface area contributed by atoms with Crippen molar-refractivity contribution in [2.75, 3.05) is 24.2 Å². The minimum absolute atomic E-state index is 0.142. The Morgan fingerprint density at radius 2 is 1.81 bits per heavy atom. The van der Waals surface area contributed by atoms with Crippen LogP contribution in [0, 0.1) is 13.8 Å². The molecule has 2 aromatic carbocycles. The Hall–Kier alpha value is -2.42. The van der Waals surface area contributed by atoms with Gasteiger partial charge in [0.05, 0.1) is 12.8 Å². The van der Waals surface area contributed by atoms with Gasteiger partial charge in [-0.05, 0) is 50.1 Å². The molecule has 0 bridgehead atoms. The number of carbonyl (C=O) groups is 2. The molecule has 0 saturated carbocycles. The number of nitrogens with one attached hydrogen (secondary N) is 1. The fraction of sp³-hybridized carbons (Fsp3) is 0.364. The van der Waals surface area contributed by atoms with E-state index in [0.717, 1.165) is 27.3 Å². The number of anilines is 1. The van der Waals surface area contributed by atoms with E-state index in [0.29, 0.717) is 10.7 Å². The van der Waals surface area contributed by atoms with Gasteiger partial charge < -0.3 is 5.32 Å². The zero-order valence-electron chi connectivity index (χ0n) is 18.0. The predicted molar refractivity (Wildman–Crippen MR) is 122 cm³/mol. The highest BCUT2D eigenvalue weighted by Crippen LogP contribution is 2.33. The molecule has 0 radical (unpaired) electrons. The molecular weight excluding hydrogens is 438 g/mol. The van der Waals surface area contributed by atoms with Crippen LogP contribution in [0.25, 0.3) is 0 Å². The summed E-state index contributed by atoms with van der Waals surface area (Å²) in [6, 6.07) is 12.6. The molecule has 1 heterocycles. The van der Waals surface area contributed by atoms with Crippen molar-refractivity contribution in [2.45, 2.75) is 32.9 Å². The first-order valence-electron chi connectivity index (χ1n) is 9.80. The number of nitrogens with zero attached hydrogens (tertiary/aromatic N) is 2. The minimum Gasteiger partial charge on any atom is -0.350 e. The molecule has 166 valence electrons. The van der Waals surface area contributed by atoms with Gasteiger partial charge in [0.15, 0.2) is 0 Å². The van der Waals surface area contributed by atoms with Crippen LogP contribution in [0.4, 0.5) is 5.69 Å². The largest absolute Gasteiger partial charge is 0.350 e. The number of halogens is 1. The molecule has 0 spiro atoms. The van der Waals surface area contributed by atoms with Crippen LogP contribution in [0.1, 0.15) is 23.6 Å². The average Bonchev–Trinajstić information content (AvgIpc) is 2.67. The summed E-state index contributed by atoms with van der Waals surface area (Å²) < 4.78 is 25.5. The maximum absolute atomic E-state index is 13.4. The lowest BCUT2D eigenvalue weighted by atomic mass is 9.93. The van der Waals surface area contributed by atoms with Gasteiger partial charge >= 0.3 is 0 Å². The molecule has 1 fully saturated rings. The second-order valence-electron chi connectivity index (χ2n) is 8.13. The molecule has 9 heteroatoms. The van der Waals surface area contributed by atoms with Crippen LogP contribution >= 0.6 is 11.6 Å². The van der Waals surface area contributed by atoms with Crippen LogP contribution in [-0.2, 0) is 26.2 Å². The van der Waals surface area contributed by atoms with Crippen LogP contribution in [0.2, 0.25) is 5.02 Å². The summed E-state index contributed by atoms with van der Waals surface area (Å²) >= 11 is 5.91. The summed E-state index contributed by atoms with van der Waals surface area (Å²) in [6.45, 7) is 5.17. The molecule has 3 rings (SSSR count). The number of carbonyl (C=O) groups excluding carboxylic acids is 2.